The van der Waals surface area contributed by atoms with Crippen LogP contribution in [0.1, 0.15) is 12.8 Å². The number of carbonyl (C=O) groups is 1. The van der Waals surface area contributed by atoms with Crippen molar-refractivity contribution >= 4 is 11.6 Å². The number of halogens is 3. The number of anilines is 1. The Balaban J connectivity index is 1.99. The third-order valence-electron chi connectivity index (χ3n) is 2.88. The lowest BCUT2D eigenvalue weighted by molar-refractivity contribution is -0.128. The van der Waals surface area contributed by atoms with E-state index in [2.05, 4.69) is 5.32 Å². The summed E-state index contributed by atoms with van der Waals surface area (Å²) in [5, 5.41) is 2.38. The second-order valence-corrected chi connectivity index (χ2v) is 4.19. The fraction of sp³-hybridized carbons (Fsp3) is 0.417. The van der Waals surface area contributed by atoms with Gasteiger partial charge in [0.15, 0.2) is 11.6 Å². The molecule has 1 aromatic carbocycles. The summed E-state index contributed by atoms with van der Waals surface area (Å²) < 4.78 is 39.2. The van der Waals surface area contributed by atoms with E-state index in [1.165, 1.54) is 0 Å². The van der Waals surface area contributed by atoms with E-state index in [4.69, 9.17) is 0 Å². The minimum absolute atomic E-state index is 0.195. The van der Waals surface area contributed by atoms with Crippen LogP contribution in [0, 0.1) is 17.5 Å². The Morgan fingerprint density at radius 2 is 1.72 bits per heavy atom. The highest BCUT2D eigenvalue weighted by atomic mass is 19.1. The van der Waals surface area contributed by atoms with Crippen molar-refractivity contribution in [3.8, 4) is 0 Å². The van der Waals surface area contributed by atoms with Gasteiger partial charge in [0.25, 0.3) is 0 Å². The average Bonchev–Trinajstić information content (AvgIpc) is 2.80. The molecule has 0 saturated carbocycles. The Hall–Kier alpha value is -1.72. The molecule has 3 nitrogen and oxygen atoms in total. The van der Waals surface area contributed by atoms with E-state index in [9.17, 15) is 18.0 Å². The smallest absolute Gasteiger partial charge is 0.241 e. The summed E-state index contributed by atoms with van der Waals surface area (Å²) in [6.45, 7) is 1.16. The van der Waals surface area contributed by atoms with Crippen LogP contribution in [-0.2, 0) is 4.79 Å². The lowest BCUT2D eigenvalue weighted by Gasteiger charge is -2.16. The molecule has 0 aliphatic carbocycles. The molecule has 0 radical (unpaired) electrons. The van der Waals surface area contributed by atoms with Gasteiger partial charge in [0.2, 0.25) is 5.91 Å². The lowest BCUT2D eigenvalue weighted by atomic mass is 10.2. The Kier molecular flexibility index (Phi) is 3.74. The molecule has 1 fully saturated rings. The number of likely N-dealkylation sites (tertiary alicyclic amines) is 1. The topological polar surface area (TPSA) is 32.3 Å². The summed E-state index contributed by atoms with van der Waals surface area (Å²) in [6.07, 6.45) is 1.90. The van der Waals surface area contributed by atoms with Crippen LogP contribution in [0.2, 0.25) is 0 Å². The summed E-state index contributed by atoms with van der Waals surface area (Å²) in [6, 6.07) is 1.15. The Bertz CT molecular complexity index is 436. The maximum atomic E-state index is 13.3. The molecule has 2 rings (SSSR count). The molecule has 98 valence electrons. The third-order valence-corrected chi connectivity index (χ3v) is 2.88. The molecule has 1 N–H and O–H groups in total. The molecular formula is C12H13F3N2O. The fourth-order valence-corrected chi connectivity index (χ4v) is 1.95. The zero-order valence-corrected chi connectivity index (χ0v) is 9.68. The number of hydrogen-bond donors (Lipinski definition) is 1. The number of nitrogens with zero attached hydrogens (tertiary/aromatic N) is 1. The zero-order valence-electron chi connectivity index (χ0n) is 9.68. The maximum Gasteiger partial charge on any atom is 0.241 e. The minimum atomic E-state index is -1.04. The lowest BCUT2D eigenvalue weighted by Crippen LogP contribution is -2.33. The number of benzene rings is 1. The molecule has 1 amide bonds. The van der Waals surface area contributed by atoms with Crippen molar-refractivity contribution in [3.05, 3.63) is 29.6 Å². The van der Waals surface area contributed by atoms with Gasteiger partial charge in [-0.1, -0.05) is 0 Å². The number of amides is 1. The predicted octanol–water partition coefficient (Wildman–Crippen LogP) is 2.14. The van der Waals surface area contributed by atoms with Gasteiger partial charge in [-0.05, 0) is 12.8 Å². The zero-order chi connectivity index (χ0) is 13.1. The van der Waals surface area contributed by atoms with E-state index < -0.39 is 23.1 Å². The standard InChI is InChI=1S/C12H13F3N2O/c13-8-5-9(14)12(10(15)6-8)16-7-11(18)17-3-1-2-4-17/h5-6,16H,1-4,7H2. The molecule has 0 bridgehead atoms. The summed E-state index contributed by atoms with van der Waals surface area (Å²) in [4.78, 5) is 13.3. The van der Waals surface area contributed by atoms with Crippen molar-refractivity contribution in [1.29, 1.82) is 0 Å². The third kappa shape index (κ3) is 2.75. The van der Waals surface area contributed by atoms with Crippen LogP contribution in [0.5, 0.6) is 0 Å². The first-order chi connectivity index (χ1) is 8.58. The Morgan fingerprint density at radius 3 is 2.28 bits per heavy atom. The normalized spacial score (nSPS) is 14.9. The number of rotatable bonds is 3. The monoisotopic (exact) mass is 258 g/mol. The van der Waals surface area contributed by atoms with Crippen molar-refractivity contribution in [2.24, 2.45) is 0 Å². The highest BCUT2D eigenvalue weighted by Crippen LogP contribution is 2.20. The first-order valence-corrected chi connectivity index (χ1v) is 5.74. The molecule has 1 aliphatic rings. The van der Waals surface area contributed by atoms with E-state index >= 15 is 0 Å². The summed E-state index contributed by atoms with van der Waals surface area (Å²) in [5.41, 5.74) is -0.469. The summed E-state index contributed by atoms with van der Waals surface area (Å²) >= 11 is 0. The van der Waals surface area contributed by atoms with Gasteiger partial charge in [-0.15, -0.1) is 0 Å². The predicted molar refractivity (Wildman–Crippen MR) is 60.6 cm³/mol. The van der Waals surface area contributed by atoms with E-state index in [1.54, 1.807) is 4.90 Å². The van der Waals surface area contributed by atoms with Gasteiger partial charge >= 0.3 is 0 Å². The molecule has 1 aliphatic heterocycles. The van der Waals surface area contributed by atoms with Crippen LogP contribution >= 0.6 is 0 Å². The molecule has 0 aromatic heterocycles. The number of carbonyl (C=O) groups excluding carboxylic acids is 1. The van der Waals surface area contributed by atoms with Gasteiger partial charge < -0.3 is 10.2 Å². The van der Waals surface area contributed by atoms with Crippen LogP contribution < -0.4 is 5.32 Å². The van der Waals surface area contributed by atoms with Crippen LogP contribution in [0.25, 0.3) is 0 Å². The Labute approximate surface area is 103 Å². The highest BCUT2D eigenvalue weighted by molar-refractivity contribution is 5.81. The SMILES string of the molecule is O=C(CNc1c(F)cc(F)cc1F)N1CCCC1. The van der Waals surface area contributed by atoms with Crippen molar-refractivity contribution in [2.45, 2.75) is 12.8 Å². The van der Waals surface area contributed by atoms with E-state index in [-0.39, 0.29) is 12.5 Å². The second-order valence-electron chi connectivity index (χ2n) is 4.19. The van der Waals surface area contributed by atoms with Gasteiger partial charge in [0.05, 0.1) is 6.54 Å². The van der Waals surface area contributed by atoms with E-state index in [1.807, 2.05) is 0 Å². The Morgan fingerprint density at radius 1 is 1.17 bits per heavy atom. The van der Waals surface area contributed by atoms with Gasteiger partial charge in [0.1, 0.15) is 11.5 Å². The minimum Gasteiger partial charge on any atom is -0.371 e. The largest absolute Gasteiger partial charge is 0.371 e. The molecule has 0 spiro atoms. The van der Waals surface area contributed by atoms with Crippen LogP contribution in [0.4, 0.5) is 18.9 Å². The van der Waals surface area contributed by atoms with Crippen LogP contribution in [0.3, 0.4) is 0 Å². The van der Waals surface area contributed by atoms with Crippen LogP contribution in [-0.4, -0.2) is 30.4 Å². The second kappa shape index (κ2) is 5.29. The van der Waals surface area contributed by atoms with Gasteiger partial charge in [-0.25, -0.2) is 13.2 Å². The fourth-order valence-electron chi connectivity index (χ4n) is 1.95. The molecule has 6 heteroatoms. The van der Waals surface area contributed by atoms with Gasteiger partial charge in [0, 0.05) is 25.2 Å². The average molecular weight is 258 g/mol. The quantitative estimate of drug-likeness (QED) is 0.900. The number of nitrogens with one attached hydrogen (secondary N) is 1. The molecule has 1 heterocycles. The highest BCUT2D eigenvalue weighted by Gasteiger charge is 2.19. The first-order valence-electron chi connectivity index (χ1n) is 5.74. The van der Waals surface area contributed by atoms with Gasteiger partial charge in [-0.3, -0.25) is 4.79 Å². The first kappa shape index (κ1) is 12.7. The van der Waals surface area contributed by atoms with Crippen molar-refractivity contribution < 1.29 is 18.0 Å². The van der Waals surface area contributed by atoms with Crippen LogP contribution in [0.15, 0.2) is 12.1 Å². The molecule has 1 aromatic rings. The summed E-state index contributed by atoms with van der Waals surface area (Å²) in [5.74, 6) is -3.28. The van der Waals surface area contributed by atoms with Crippen molar-refractivity contribution in [3.63, 3.8) is 0 Å². The molecule has 0 atom stereocenters. The molecular weight excluding hydrogens is 245 g/mol. The van der Waals surface area contributed by atoms with Crippen molar-refractivity contribution in [2.75, 3.05) is 25.0 Å². The number of hydrogen-bond acceptors (Lipinski definition) is 2. The van der Waals surface area contributed by atoms with E-state index in [0.29, 0.717) is 25.2 Å². The van der Waals surface area contributed by atoms with Crippen molar-refractivity contribution in [1.82, 2.24) is 4.90 Å². The van der Waals surface area contributed by atoms with Gasteiger partial charge in [-0.2, -0.15) is 0 Å². The summed E-state index contributed by atoms with van der Waals surface area (Å²) in [7, 11) is 0. The molecule has 1 saturated heterocycles. The molecule has 18 heavy (non-hydrogen) atoms. The maximum absolute atomic E-state index is 13.3. The molecule has 0 unspecified atom stereocenters. The van der Waals surface area contributed by atoms with E-state index in [0.717, 1.165) is 12.8 Å².